The van der Waals surface area contributed by atoms with Crippen molar-refractivity contribution in [3.05, 3.63) is 29.8 Å². The van der Waals surface area contributed by atoms with Crippen molar-refractivity contribution in [3.63, 3.8) is 0 Å². The van der Waals surface area contributed by atoms with Gasteiger partial charge in [0.25, 0.3) is 0 Å². The summed E-state index contributed by atoms with van der Waals surface area (Å²) in [5.74, 6) is 0.625. The number of rotatable bonds is 3. The minimum absolute atomic E-state index is 0.0139. The number of anilines is 1. The molecule has 0 bridgehead atoms. The van der Waals surface area contributed by atoms with E-state index in [-0.39, 0.29) is 34.8 Å². The molecule has 0 N–H and O–H groups in total. The predicted octanol–water partition coefficient (Wildman–Crippen LogP) is 2.95. The second kappa shape index (κ2) is 5.62. The first-order valence-corrected chi connectivity index (χ1v) is 10.2. The quantitative estimate of drug-likeness (QED) is 0.853. The summed E-state index contributed by atoms with van der Waals surface area (Å²) in [6.45, 7) is 6.09. The van der Waals surface area contributed by atoms with Gasteiger partial charge >= 0.3 is 0 Å². The lowest BCUT2D eigenvalue weighted by Crippen LogP contribution is -2.40. The van der Waals surface area contributed by atoms with Gasteiger partial charge in [-0.15, -0.1) is 0 Å². The zero-order valence-corrected chi connectivity index (χ0v) is 14.9. The number of nitrogens with zero attached hydrogens (tertiary/aromatic N) is 1. The van der Waals surface area contributed by atoms with E-state index in [0.29, 0.717) is 12.8 Å². The molecule has 1 spiro atoms. The molecule has 0 aromatic heterocycles. The Morgan fingerprint density at radius 2 is 1.83 bits per heavy atom. The molecule has 1 heterocycles. The number of carbonyl (C=O) groups is 1. The van der Waals surface area contributed by atoms with Crippen molar-refractivity contribution in [2.75, 3.05) is 16.4 Å². The highest BCUT2D eigenvalue weighted by atomic mass is 32.2. The zero-order chi connectivity index (χ0) is 16.8. The number of carbonyl (C=O) groups excluding carboxylic acids is 1. The SMILES string of the molecule is Cc1ccccc1N(C(=O)C1CC12CCS(=O)(=O)CC2)C(C)C. The zero-order valence-electron chi connectivity index (χ0n) is 14.1. The van der Waals surface area contributed by atoms with Crippen LogP contribution >= 0.6 is 0 Å². The van der Waals surface area contributed by atoms with Crippen LogP contribution in [0.2, 0.25) is 0 Å². The van der Waals surface area contributed by atoms with Crippen molar-refractivity contribution in [2.24, 2.45) is 11.3 Å². The third-order valence-electron chi connectivity index (χ3n) is 5.44. The van der Waals surface area contributed by atoms with Crippen molar-refractivity contribution < 1.29 is 13.2 Å². The Labute approximate surface area is 138 Å². The molecule has 0 radical (unpaired) electrons. The maximum atomic E-state index is 13.1. The van der Waals surface area contributed by atoms with E-state index in [1.54, 1.807) is 0 Å². The number of sulfone groups is 1. The highest BCUT2D eigenvalue weighted by Gasteiger charge is 2.60. The molecular weight excluding hydrogens is 310 g/mol. The topological polar surface area (TPSA) is 54.5 Å². The molecule has 1 saturated carbocycles. The molecule has 2 fully saturated rings. The van der Waals surface area contributed by atoms with Crippen LogP contribution in [0.4, 0.5) is 5.69 Å². The van der Waals surface area contributed by atoms with Gasteiger partial charge in [0.1, 0.15) is 9.84 Å². The molecule has 1 aliphatic heterocycles. The molecule has 4 nitrogen and oxygen atoms in total. The standard InChI is InChI=1S/C18H25NO3S/c1-13(2)19(16-7-5-4-6-14(16)3)17(20)15-12-18(15)8-10-23(21,22)11-9-18/h4-7,13,15H,8-12H2,1-3H3. The fraction of sp³-hybridized carbons (Fsp3) is 0.611. The van der Waals surface area contributed by atoms with E-state index in [1.165, 1.54) is 0 Å². The van der Waals surface area contributed by atoms with Crippen LogP contribution in [0.5, 0.6) is 0 Å². The van der Waals surface area contributed by atoms with Gasteiger partial charge in [0.15, 0.2) is 0 Å². The minimum atomic E-state index is -2.88. The van der Waals surface area contributed by atoms with Crippen molar-refractivity contribution >= 4 is 21.4 Å². The van der Waals surface area contributed by atoms with Gasteiger partial charge in [-0.3, -0.25) is 4.79 Å². The fourth-order valence-electron chi connectivity index (χ4n) is 3.85. The van der Waals surface area contributed by atoms with E-state index in [2.05, 4.69) is 0 Å². The van der Waals surface area contributed by atoms with Gasteiger partial charge in [0.2, 0.25) is 5.91 Å². The Kier molecular flexibility index (Phi) is 4.03. The normalized spacial score (nSPS) is 24.6. The van der Waals surface area contributed by atoms with Gasteiger partial charge in [0, 0.05) is 17.6 Å². The first-order valence-electron chi connectivity index (χ1n) is 8.35. The Morgan fingerprint density at radius 3 is 2.39 bits per heavy atom. The molecule has 1 saturated heterocycles. The number of benzene rings is 1. The van der Waals surface area contributed by atoms with E-state index >= 15 is 0 Å². The summed E-state index contributed by atoms with van der Waals surface area (Å²) in [5, 5.41) is 0. The molecule has 1 aromatic carbocycles. The van der Waals surface area contributed by atoms with Gasteiger partial charge < -0.3 is 4.90 Å². The van der Waals surface area contributed by atoms with Crippen LogP contribution in [0.25, 0.3) is 0 Å². The third-order valence-corrected chi connectivity index (χ3v) is 7.09. The summed E-state index contributed by atoms with van der Waals surface area (Å²) in [4.78, 5) is 15.0. The van der Waals surface area contributed by atoms with Crippen LogP contribution in [0.3, 0.4) is 0 Å². The maximum absolute atomic E-state index is 13.1. The van der Waals surface area contributed by atoms with Crippen molar-refractivity contribution in [3.8, 4) is 0 Å². The highest BCUT2D eigenvalue weighted by Crippen LogP contribution is 2.60. The van der Waals surface area contributed by atoms with Crippen LogP contribution in [0.1, 0.15) is 38.7 Å². The Morgan fingerprint density at radius 1 is 1.22 bits per heavy atom. The van der Waals surface area contributed by atoms with Gasteiger partial charge in [-0.1, -0.05) is 18.2 Å². The minimum Gasteiger partial charge on any atom is -0.309 e. The number of amides is 1. The predicted molar refractivity (Wildman–Crippen MR) is 92.2 cm³/mol. The maximum Gasteiger partial charge on any atom is 0.230 e. The monoisotopic (exact) mass is 335 g/mol. The summed E-state index contributed by atoms with van der Waals surface area (Å²) >= 11 is 0. The smallest absolute Gasteiger partial charge is 0.230 e. The molecule has 1 aliphatic carbocycles. The van der Waals surface area contributed by atoms with Crippen molar-refractivity contribution in [2.45, 2.75) is 46.1 Å². The molecule has 3 rings (SSSR count). The largest absolute Gasteiger partial charge is 0.309 e. The van der Waals surface area contributed by atoms with E-state index in [0.717, 1.165) is 17.7 Å². The summed E-state index contributed by atoms with van der Waals surface area (Å²) < 4.78 is 23.3. The summed E-state index contributed by atoms with van der Waals surface area (Å²) in [5.41, 5.74) is 2.01. The van der Waals surface area contributed by atoms with Crippen LogP contribution in [-0.4, -0.2) is 31.9 Å². The van der Waals surface area contributed by atoms with Gasteiger partial charge in [0.05, 0.1) is 11.5 Å². The van der Waals surface area contributed by atoms with Gasteiger partial charge in [-0.25, -0.2) is 8.42 Å². The molecule has 5 heteroatoms. The molecule has 2 aliphatic rings. The van der Waals surface area contributed by atoms with E-state index in [4.69, 9.17) is 0 Å². The van der Waals surface area contributed by atoms with E-state index in [9.17, 15) is 13.2 Å². The van der Waals surface area contributed by atoms with Crippen molar-refractivity contribution in [1.82, 2.24) is 0 Å². The molecule has 1 amide bonds. The third kappa shape index (κ3) is 3.03. The van der Waals surface area contributed by atoms with E-state index < -0.39 is 9.84 Å². The van der Waals surface area contributed by atoms with Crippen LogP contribution < -0.4 is 4.90 Å². The number of hydrogen-bond acceptors (Lipinski definition) is 3. The molecule has 1 atom stereocenters. The summed E-state index contributed by atoms with van der Waals surface area (Å²) in [7, 11) is -2.88. The second-order valence-electron chi connectivity index (χ2n) is 7.36. The average molecular weight is 335 g/mol. The average Bonchev–Trinajstić information content (AvgIpc) is 3.19. The number of aryl methyl sites for hydroxylation is 1. The number of hydrogen-bond donors (Lipinski definition) is 0. The van der Waals surface area contributed by atoms with Gasteiger partial charge in [-0.2, -0.15) is 0 Å². The van der Waals surface area contributed by atoms with E-state index in [1.807, 2.05) is 49.9 Å². The Bertz CT molecular complexity index is 710. The molecule has 23 heavy (non-hydrogen) atoms. The second-order valence-corrected chi connectivity index (χ2v) is 9.66. The molecule has 1 aromatic rings. The van der Waals surface area contributed by atoms with Crippen LogP contribution in [-0.2, 0) is 14.6 Å². The Hall–Kier alpha value is -1.36. The lowest BCUT2D eigenvalue weighted by Gasteiger charge is -2.30. The molecular formula is C18H25NO3S. The van der Waals surface area contributed by atoms with Crippen LogP contribution in [0.15, 0.2) is 24.3 Å². The lowest BCUT2D eigenvalue weighted by atomic mass is 9.95. The molecule has 126 valence electrons. The highest BCUT2D eigenvalue weighted by molar-refractivity contribution is 7.91. The summed E-state index contributed by atoms with van der Waals surface area (Å²) in [6, 6.07) is 8.04. The molecule has 1 unspecified atom stereocenters. The van der Waals surface area contributed by atoms with Crippen molar-refractivity contribution in [1.29, 1.82) is 0 Å². The van der Waals surface area contributed by atoms with Gasteiger partial charge in [-0.05, 0) is 57.1 Å². The summed E-state index contributed by atoms with van der Waals surface area (Å²) in [6.07, 6.45) is 2.13. The fourth-order valence-corrected chi connectivity index (χ4v) is 5.49. The Balaban J connectivity index is 1.81. The first kappa shape index (κ1) is 16.5. The lowest BCUT2D eigenvalue weighted by molar-refractivity contribution is -0.121. The first-order chi connectivity index (χ1) is 10.8. The van der Waals surface area contributed by atoms with Crippen LogP contribution in [0, 0.1) is 18.3 Å². The number of para-hydroxylation sites is 1.